The molecule has 0 aromatic heterocycles. The fourth-order valence-electron chi connectivity index (χ4n) is 1.95. The predicted molar refractivity (Wildman–Crippen MR) is 70.2 cm³/mol. The Morgan fingerprint density at radius 1 is 1.25 bits per heavy atom. The summed E-state index contributed by atoms with van der Waals surface area (Å²) in [6.07, 6.45) is 10.1. The van der Waals surface area contributed by atoms with E-state index in [2.05, 4.69) is 54.7 Å². The minimum Gasteiger partial charge on any atom is -0.385 e. The summed E-state index contributed by atoms with van der Waals surface area (Å²) in [5, 5.41) is 3.45. The zero-order valence-corrected chi connectivity index (χ0v) is 9.87. The highest BCUT2D eigenvalue weighted by Crippen LogP contribution is 2.17. The molecule has 84 valence electrons. The van der Waals surface area contributed by atoms with Gasteiger partial charge in [-0.25, -0.2) is 0 Å². The Labute approximate surface area is 97.9 Å². The van der Waals surface area contributed by atoms with Gasteiger partial charge in [0, 0.05) is 12.2 Å². The maximum atomic E-state index is 3.45. The Kier molecular flexibility index (Phi) is 3.81. The SMILES string of the molecule is CCCNC1=Cc2ccccc2CCC=C1. The largest absolute Gasteiger partial charge is 0.385 e. The van der Waals surface area contributed by atoms with E-state index in [1.165, 1.54) is 16.8 Å². The molecule has 0 fully saturated rings. The monoisotopic (exact) mass is 213 g/mol. The van der Waals surface area contributed by atoms with Crippen LogP contribution < -0.4 is 5.32 Å². The number of hydrogen-bond donors (Lipinski definition) is 1. The lowest BCUT2D eigenvalue weighted by Gasteiger charge is -2.11. The molecule has 0 bridgehead atoms. The standard InChI is InChI=1S/C15H19N/c1-2-11-16-15-10-6-5-8-13-7-3-4-9-14(13)12-15/h3-4,6-7,9-10,12,16H,2,5,8,11H2,1H3. The normalized spacial score (nSPS) is 14.7. The van der Waals surface area contributed by atoms with Gasteiger partial charge in [-0.3, -0.25) is 0 Å². The Morgan fingerprint density at radius 3 is 3.00 bits per heavy atom. The minimum atomic E-state index is 1.04. The van der Waals surface area contributed by atoms with Gasteiger partial charge >= 0.3 is 0 Å². The molecule has 0 radical (unpaired) electrons. The van der Waals surface area contributed by atoms with Gasteiger partial charge in [-0.2, -0.15) is 0 Å². The van der Waals surface area contributed by atoms with E-state index < -0.39 is 0 Å². The van der Waals surface area contributed by atoms with Crippen LogP contribution in [0.3, 0.4) is 0 Å². The quantitative estimate of drug-likeness (QED) is 0.810. The van der Waals surface area contributed by atoms with Crippen LogP contribution in [-0.2, 0) is 6.42 Å². The maximum absolute atomic E-state index is 3.45. The van der Waals surface area contributed by atoms with Gasteiger partial charge in [0.25, 0.3) is 0 Å². The van der Waals surface area contributed by atoms with Crippen molar-refractivity contribution in [1.29, 1.82) is 0 Å². The molecule has 0 amide bonds. The van der Waals surface area contributed by atoms with Gasteiger partial charge in [0.05, 0.1) is 0 Å². The Balaban J connectivity index is 2.26. The summed E-state index contributed by atoms with van der Waals surface area (Å²) in [4.78, 5) is 0. The Bertz CT molecular complexity index is 402. The van der Waals surface area contributed by atoms with E-state index in [9.17, 15) is 0 Å². The number of allylic oxidation sites excluding steroid dienone is 2. The van der Waals surface area contributed by atoms with Crippen LogP contribution in [0.25, 0.3) is 6.08 Å². The van der Waals surface area contributed by atoms with Crippen molar-refractivity contribution in [3.05, 3.63) is 53.2 Å². The van der Waals surface area contributed by atoms with Crippen LogP contribution in [0.5, 0.6) is 0 Å². The van der Waals surface area contributed by atoms with E-state index in [1.807, 2.05) is 0 Å². The van der Waals surface area contributed by atoms with Gasteiger partial charge in [0.2, 0.25) is 0 Å². The van der Waals surface area contributed by atoms with Gasteiger partial charge < -0.3 is 5.32 Å². The summed E-state index contributed by atoms with van der Waals surface area (Å²) in [6.45, 7) is 3.23. The second-order valence-corrected chi connectivity index (χ2v) is 4.17. The predicted octanol–water partition coefficient (Wildman–Crippen LogP) is 3.53. The topological polar surface area (TPSA) is 12.0 Å². The fraction of sp³-hybridized carbons (Fsp3) is 0.333. The van der Waals surface area contributed by atoms with Crippen molar-refractivity contribution >= 4 is 6.08 Å². The molecule has 1 aliphatic rings. The lowest BCUT2D eigenvalue weighted by molar-refractivity contribution is 0.786. The molecule has 1 aliphatic carbocycles. The molecule has 1 nitrogen and oxygen atoms in total. The summed E-state index contributed by atoms with van der Waals surface area (Å²) in [5.74, 6) is 0. The van der Waals surface area contributed by atoms with Gasteiger partial charge in [-0.1, -0.05) is 37.3 Å². The Morgan fingerprint density at radius 2 is 2.12 bits per heavy atom. The first-order valence-electron chi connectivity index (χ1n) is 6.10. The van der Waals surface area contributed by atoms with Crippen molar-refractivity contribution in [3.8, 4) is 0 Å². The molecule has 1 aromatic carbocycles. The van der Waals surface area contributed by atoms with E-state index in [4.69, 9.17) is 0 Å². The number of hydrogen-bond acceptors (Lipinski definition) is 1. The number of rotatable bonds is 3. The summed E-state index contributed by atoms with van der Waals surface area (Å²) >= 11 is 0. The molecule has 0 saturated heterocycles. The van der Waals surface area contributed by atoms with Crippen molar-refractivity contribution in [3.63, 3.8) is 0 Å². The van der Waals surface area contributed by atoms with Crippen LogP contribution >= 0.6 is 0 Å². The summed E-state index contributed by atoms with van der Waals surface area (Å²) in [7, 11) is 0. The first-order valence-corrected chi connectivity index (χ1v) is 6.10. The zero-order valence-electron chi connectivity index (χ0n) is 9.87. The third-order valence-corrected chi connectivity index (χ3v) is 2.82. The molecule has 0 atom stereocenters. The smallest absolute Gasteiger partial charge is 0.0343 e. The van der Waals surface area contributed by atoms with Gasteiger partial charge in [0.15, 0.2) is 0 Å². The van der Waals surface area contributed by atoms with E-state index in [0.29, 0.717) is 0 Å². The number of aryl methyl sites for hydroxylation is 1. The van der Waals surface area contributed by atoms with E-state index in [-0.39, 0.29) is 0 Å². The highest BCUT2D eigenvalue weighted by Gasteiger charge is 2.02. The van der Waals surface area contributed by atoms with Crippen molar-refractivity contribution in [2.75, 3.05) is 6.54 Å². The van der Waals surface area contributed by atoms with Crippen LogP contribution in [0.4, 0.5) is 0 Å². The van der Waals surface area contributed by atoms with E-state index >= 15 is 0 Å². The average molecular weight is 213 g/mol. The summed E-state index contributed by atoms with van der Waals surface area (Å²) in [6, 6.07) is 8.65. The van der Waals surface area contributed by atoms with E-state index in [1.54, 1.807) is 0 Å². The Hall–Kier alpha value is -1.50. The van der Waals surface area contributed by atoms with Crippen LogP contribution in [0.15, 0.2) is 42.1 Å². The molecule has 0 spiro atoms. The minimum absolute atomic E-state index is 1.04. The number of nitrogens with one attached hydrogen (secondary N) is 1. The lowest BCUT2D eigenvalue weighted by atomic mass is 9.99. The van der Waals surface area contributed by atoms with Crippen LogP contribution in [0.1, 0.15) is 30.9 Å². The van der Waals surface area contributed by atoms with Crippen molar-refractivity contribution in [2.24, 2.45) is 0 Å². The second kappa shape index (κ2) is 5.55. The number of fused-ring (bicyclic) bond motifs is 1. The highest BCUT2D eigenvalue weighted by atomic mass is 14.9. The molecule has 1 heteroatoms. The van der Waals surface area contributed by atoms with Gasteiger partial charge in [0.1, 0.15) is 0 Å². The first kappa shape index (κ1) is 11.0. The van der Waals surface area contributed by atoms with Crippen LogP contribution in [0.2, 0.25) is 0 Å². The molecule has 0 saturated carbocycles. The summed E-state index contributed by atoms with van der Waals surface area (Å²) in [5.41, 5.74) is 4.03. The maximum Gasteiger partial charge on any atom is 0.0343 e. The zero-order chi connectivity index (χ0) is 11.2. The second-order valence-electron chi connectivity index (χ2n) is 4.17. The molecule has 0 aliphatic heterocycles. The third kappa shape index (κ3) is 2.75. The van der Waals surface area contributed by atoms with Crippen molar-refractivity contribution in [2.45, 2.75) is 26.2 Å². The molecular formula is C15H19N. The highest BCUT2D eigenvalue weighted by molar-refractivity contribution is 5.59. The van der Waals surface area contributed by atoms with Gasteiger partial charge in [-0.05, 0) is 42.5 Å². The molecule has 16 heavy (non-hydrogen) atoms. The molecular weight excluding hydrogens is 194 g/mol. The molecule has 0 heterocycles. The van der Waals surface area contributed by atoms with Crippen LogP contribution in [-0.4, -0.2) is 6.54 Å². The van der Waals surface area contributed by atoms with Crippen molar-refractivity contribution < 1.29 is 0 Å². The first-order chi connectivity index (χ1) is 7.90. The van der Waals surface area contributed by atoms with E-state index in [0.717, 1.165) is 25.8 Å². The van der Waals surface area contributed by atoms with Gasteiger partial charge in [-0.15, -0.1) is 0 Å². The lowest BCUT2D eigenvalue weighted by Crippen LogP contribution is -2.13. The molecule has 1 aromatic rings. The number of benzene rings is 1. The average Bonchev–Trinajstić information content (AvgIpc) is 2.29. The third-order valence-electron chi connectivity index (χ3n) is 2.82. The van der Waals surface area contributed by atoms with Crippen molar-refractivity contribution in [1.82, 2.24) is 5.32 Å². The molecule has 1 N–H and O–H groups in total. The fourth-order valence-corrected chi connectivity index (χ4v) is 1.95. The summed E-state index contributed by atoms with van der Waals surface area (Å²) < 4.78 is 0. The molecule has 0 unspecified atom stereocenters. The van der Waals surface area contributed by atoms with Crippen LogP contribution in [0, 0.1) is 0 Å². The molecule has 2 rings (SSSR count).